The van der Waals surface area contributed by atoms with Crippen LogP contribution in [0.3, 0.4) is 0 Å². The van der Waals surface area contributed by atoms with Crippen molar-refractivity contribution in [2.75, 3.05) is 18.5 Å². The smallest absolute Gasteiger partial charge is 0.338 e. The Morgan fingerprint density at radius 3 is 2.66 bits per heavy atom. The molecule has 32 heavy (non-hydrogen) atoms. The number of carbonyl (C=O) groups is 2. The van der Waals surface area contributed by atoms with Crippen molar-refractivity contribution >= 4 is 27.6 Å². The van der Waals surface area contributed by atoms with Gasteiger partial charge in [-0.1, -0.05) is 6.07 Å². The zero-order valence-electron chi connectivity index (χ0n) is 17.4. The van der Waals surface area contributed by atoms with Crippen LogP contribution in [0.4, 0.5) is 5.69 Å². The molecule has 9 nitrogen and oxygen atoms in total. The number of hydrogen-bond donors (Lipinski definition) is 2. The molecule has 0 aliphatic carbocycles. The van der Waals surface area contributed by atoms with E-state index < -0.39 is 28.0 Å². The monoisotopic (exact) mass is 457 g/mol. The highest BCUT2D eigenvalue weighted by atomic mass is 32.2. The van der Waals surface area contributed by atoms with Crippen LogP contribution in [-0.2, 0) is 24.3 Å². The standard InChI is InChI=1S/C22H23N3O6S/c1-15(21(26)25-18-9-7-16(13-23)8-10-18)31-22(27)17-4-2-6-20(12-17)32(28,29)24-14-19-5-3-11-30-19/h2,4,6-10,12,15,19,24H,3,5,11,14H2,1H3,(H,25,26)/t15-,19-/m1/s1. The van der Waals surface area contributed by atoms with Crippen LogP contribution in [0.5, 0.6) is 0 Å². The molecule has 1 aliphatic heterocycles. The fourth-order valence-electron chi connectivity index (χ4n) is 3.04. The topological polar surface area (TPSA) is 135 Å². The lowest BCUT2D eigenvalue weighted by molar-refractivity contribution is -0.123. The van der Waals surface area contributed by atoms with E-state index in [0.717, 1.165) is 12.8 Å². The second-order valence-electron chi connectivity index (χ2n) is 7.24. The Bertz CT molecular complexity index is 1120. The van der Waals surface area contributed by atoms with Gasteiger partial charge in [-0.15, -0.1) is 0 Å². The van der Waals surface area contributed by atoms with Gasteiger partial charge >= 0.3 is 5.97 Å². The normalized spacial score (nSPS) is 16.7. The number of sulfonamides is 1. The molecule has 1 aliphatic rings. The quantitative estimate of drug-likeness (QED) is 0.580. The number of nitriles is 1. The summed E-state index contributed by atoms with van der Waals surface area (Å²) in [6.45, 7) is 2.18. The van der Waals surface area contributed by atoms with Crippen molar-refractivity contribution < 1.29 is 27.5 Å². The highest BCUT2D eigenvalue weighted by Gasteiger charge is 2.23. The predicted octanol–water partition coefficient (Wildman–Crippen LogP) is 2.20. The number of ether oxygens (including phenoxy) is 2. The Kier molecular flexibility index (Phi) is 7.58. The molecule has 0 spiro atoms. The van der Waals surface area contributed by atoms with Gasteiger partial charge in [-0.3, -0.25) is 4.79 Å². The minimum absolute atomic E-state index is 0.00279. The zero-order valence-corrected chi connectivity index (χ0v) is 18.2. The molecule has 0 bridgehead atoms. The van der Waals surface area contributed by atoms with E-state index in [2.05, 4.69) is 10.0 Å². The van der Waals surface area contributed by atoms with Crippen LogP contribution in [0.2, 0.25) is 0 Å². The molecular formula is C22H23N3O6S. The van der Waals surface area contributed by atoms with Crippen molar-refractivity contribution in [3.05, 3.63) is 59.7 Å². The molecular weight excluding hydrogens is 434 g/mol. The van der Waals surface area contributed by atoms with Crippen molar-refractivity contribution in [2.24, 2.45) is 0 Å². The Balaban J connectivity index is 1.60. The van der Waals surface area contributed by atoms with E-state index in [0.29, 0.717) is 17.9 Å². The third kappa shape index (κ3) is 6.13. The first-order valence-electron chi connectivity index (χ1n) is 10.0. The molecule has 2 atom stereocenters. The van der Waals surface area contributed by atoms with Crippen LogP contribution < -0.4 is 10.0 Å². The maximum atomic E-state index is 12.5. The summed E-state index contributed by atoms with van der Waals surface area (Å²) >= 11 is 0. The van der Waals surface area contributed by atoms with E-state index in [-0.39, 0.29) is 23.1 Å². The van der Waals surface area contributed by atoms with E-state index in [1.807, 2.05) is 6.07 Å². The SMILES string of the molecule is C[C@@H](OC(=O)c1cccc(S(=O)(=O)NC[C@H]2CCCO2)c1)C(=O)Nc1ccc(C#N)cc1. The number of rotatable bonds is 8. The van der Waals surface area contributed by atoms with E-state index in [1.165, 1.54) is 31.2 Å². The molecule has 0 radical (unpaired) electrons. The van der Waals surface area contributed by atoms with Crippen LogP contribution in [0, 0.1) is 11.3 Å². The van der Waals surface area contributed by atoms with E-state index >= 15 is 0 Å². The minimum Gasteiger partial charge on any atom is -0.449 e. The highest BCUT2D eigenvalue weighted by molar-refractivity contribution is 7.89. The summed E-state index contributed by atoms with van der Waals surface area (Å²) in [6, 6.07) is 13.6. The first-order chi connectivity index (χ1) is 15.3. The highest BCUT2D eigenvalue weighted by Crippen LogP contribution is 2.16. The molecule has 3 rings (SSSR count). The first kappa shape index (κ1) is 23.4. The number of benzene rings is 2. The van der Waals surface area contributed by atoms with Gasteiger partial charge < -0.3 is 14.8 Å². The summed E-state index contributed by atoms with van der Waals surface area (Å²) in [5.74, 6) is -1.39. The number of carbonyl (C=O) groups excluding carboxylic acids is 2. The summed E-state index contributed by atoms with van der Waals surface area (Å²) in [6.07, 6.45) is 0.395. The first-order valence-corrected chi connectivity index (χ1v) is 11.5. The Morgan fingerprint density at radius 2 is 2.00 bits per heavy atom. The Labute approximate surface area is 186 Å². The second kappa shape index (κ2) is 10.4. The lowest BCUT2D eigenvalue weighted by atomic mass is 10.2. The maximum Gasteiger partial charge on any atom is 0.338 e. The van der Waals surface area contributed by atoms with E-state index in [4.69, 9.17) is 14.7 Å². The van der Waals surface area contributed by atoms with Gasteiger partial charge in [0.05, 0.1) is 28.2 Å². The van der Waals surface area contributed by atoms with Crippen LogP contribution in [0.25, 0.3) is 0 Å². The number of nitrogens with zero attached hydrogens (tertiary/aromatic N) is 1. The zero-order chi connectivity index (χ0) is 23.1. The lowest BCUT2D eigenvalue weighted by Crippen LogP contribution is -2.32. The van der Waals surface area contributed by atoms with E-state index in [1.54, 1.807) is 24.3 Å². The van der Waals surface area contributed by atoms with Crippen LogP contribution in [0.1, 0.15) is 35.7 Å². The number of amides is 1. The Hall–Kier alpha value is -3.26. The molecule has 0 unspecified atom stereocenters. The predicted molar refractivity (Wildman–Crippen MR) is 115 cm³/mol. The molecule has 1 amide bonds. The van der Waals surface area contributed by atoms with Crippen molar-refractivity contribution in [1.82, 2.24) is 4.72 Å². The van der Waals surface area contributed by atoms with Crippen molar-refractivity contribution in [2.45, 2.75) is 36.9 Å². The molecule has 1 heterocycles. The second-order valence-corrected chi connectivity index (χ2v) is 9.01. The fourth-order valence-corrected chi connectivity index (χ4v) is 4.15. The number of esters is 1. The van der Waals surface area contributed by atoms with Gasteiger partial charge in [-0.2, -0.15) is 5.26 Å². The molecule has 2 aromatic rings. The van der Waals surface area contributed by atoms with Gasteiger partial charge in [-0.25, -0.2) is 17.9 Å². The van der Waals surface area contributed by atoms with Crippen molar-refractivity contribution in [1.29, 1.82) is 5.26 Å². The summed E-state index contributed by atoms with van der Waals surface area (Å²) in [5.41, 5.74) is 0.896. The maximum absolute atomic E-state index is 12.5. The van der Waals surface area contributed by atoms with Gasteiger partial charge in [0.25, 0.3) is 5.91 Å². The fraction of sp³-hybridized carbons (Fsp3) is 0.318. The van der Waals surface area contributed by atoms with Gasteiger partial charge in [0.2, 0.25) is 10.0 Å². The van der Waals surface area contributed by atoms with E-state index in [9.17, 15) is 18.0 Å². The number of hydrogen-bond acceptors (Lipinski definition) is 7. The van der Waals surface area contributed by atoms with Crippen LogP contribution in [-0.4, -0.2) is 45.7 Å². The largest absolute Gasteiger partial charge is 0.449 e. The van der Waals surface area contributed by atoms with Crippen LogP contribution >= 0.6 is 0 Å². The number of nitrogens with one attached hydrogen (secondary N) is 2. The van der Waals surface area contributed by atoms with Gasteiger partial charge in [0.15, 0.2) is 6.10 Å². The molecule has 168 valence electrons. The third-order valence-corrected chi connectivity index (χ3v) is 6.26. The van der Waals surface area contributed by atoms with Gasteiger partial charge in [-0.05, 0) is 62.2 Å². The average molecular weight is 458 g/mol. The summed E-state index contributed by atoms with van der Waals surface area (Å²) in [5, 5.41) is 11.4. The summed E-state index contributed by atoms with van der Waals surface area (Å²) in [7, 11) is -3.84. The Morgan fingerprint density at radius 1 is 1.25 bits per heavy atom. The molecule has 2 N–H and O–H groups in total. The molecule has 1 saturated heterocycles. The molecule has 2 aromatic carbocycles. The molecule has 0 saturated carbocycles. The number of anilines is 1. The minimum atomic E-state index is -3.84. The van der Waals surface area contributed by atoms with Crippen molar-refractivity contribution in [3.8, 4) is 6.07 Å². The molecule has 0 aromatic heterocycles. The molecule has 10 heteroatoms. The average Bonchev–Trinajstić information content (AvgIpc) is 3.32. The summed E-state index contributed by atoms with van der Waals surface area (Å²) < 4.78 is 38.2. The van der Waals surface area contributed by atoms with Gasteiger partial charge in [0, 0.05) is 18.8 Å². The third-order valence-electron chi connectivity index (χ3n) is 4.84. The van der Waals surface area contributed by atoms with Gasteiger partial charge in [0.1, 0.15) is 0 Å². The van der Waals surface area contributed by atoms with Crippen LogP contribution in [0.15, 0.2) is 53.4 Å². The molecule has 1 fully saturated rings. The summed E-state index contributed by atoms with van der Waals surface area (Å²) in [4.78, 5) is 24.7. The lowest BCUT2D eigenvalue weighted by Gasteiger charge is -2.14. The van der Waals surface area contributed by atoms with Crippen molar-refractivity contribution in [3.63, 3.8) is 0 Å².